The highest BCUT2D eigenvalue weighted by molar-refractivity contribution is 5.93. The molecule has 6 heteroatoms. The summed E-state index contributed by atoms with van der Waals surface area (Å²) >= 11 is 0. The van der Waals surface area contributed by atoms with Crippen LogP contribution in [0.5, 0.6) is 0 Å². The maximum Gasteiger partial charge on any atom is 0.337 e. The number of carboxylic acids is 1. The van der Waals surface area contributed by atoms with Crippen LogP contribution in [0.1, 0.15) is 37.0 Å². The largest absolute Gasteiger partial charge is 0.478 e. The summed E-state index contributed by atoms with van der Waals surface area (Å²) in [5.41, 5.74) is 0.115. The van der Waals surface area contributed by atoms with Crippen molar-refractivity contribution in [1.82, 2.24) is 10.3 Å². The summed E-state index contributed by atoms with van der Waals surface area (Å²) in [6.07, 6.45) is 3.18. The Kier molecular flexibility index (Phi) is 3.69. The number of aromatic carboxylic acids is 1. The van der Waals surface area contributed by atoms with Crippen molar-refractivity contribution < 1.29 is 14.7 Å². The van der Waals surface area contributed by atoms with Crippen LogP contribution in [0.25, 0.3) is 0 Å². The minimum Gasteiger partial charge on any atom is -0.478 e. The van der Waals surface area contributed by atoms with E-state index in [1.807, 2.05) is 13.8 Å². The number of carbonyl (C=O) groups is 2. The molecule has 0 bridgehead atoms. The van der Waals surface area contributed by atoms with E-state index in [2.05, 4.69) is 10.3 Å². The van der Waals surface area contributed by atoms with Gasteiger partial charge in [0.05, 0.1) is 5.56 Å². The Labute approximate surface area is 111 Å². The highest BCUT2D eigenvalue weighted by atomic mass is 16.4. The smallest absolute Gasteiger partial charge is 0.337 e. The monoisotopic (exact) mass is 263 g/mol. The summed E-state index contributed by atoms with van der Waals surface area (Å²) < 4.78 is 0. The third-order valence-corrected chi connectivity index (χ3v) is 2.78. The average molecular weight is 263 g/mol. The highest BCUT2D eigenvalue weighted by Crippen LogP contribution is 2.30. The van der Waals surface area contributed by atoms with E-state index < -0.39 is 5.97 Å². The molecule has 0 spiro atoms. The van der Waals surface area contributed by atoms with E-state index >= 15 is 0 Å². The normalized spacial score (nSPS) is 14.3. The summed E-state index contributed by atoms with van der Waals surface area (Å²) in [5, 5.41) is 11.7. The topological polar surface area (TPSA) is 82.5 Å². The van der Waals surface area contributed by atoms with E-state index in [9.17, 15) is 9.59 Å². The number of hydrogen-bond acceptors (Lipinski definition) is 3. The summed E-state index contributed by atoms with van der Waals surface area (Å²) in [5.74, 6) is -0.533. The number of carboxylic acid groups (broad SMARTS) is 1. The predicted molar refractivity (Wildman–Crippen MR) is 70.4 cm³/mol. The maximum atomic E-state index is 12.1. The molecule has 0 unspecified atom stereocenters. The van der Waals surface area contributed by atoms with E-state index in [0.29, 0.717) is 5.82 Å². The first-order valence-electron chi connectivity index (χ1n) is 6.28. The second-order valence-corrected chi connectivity index (χ2v) is 4.92. The quantitative estimate of drug-likeness (QED) is 0.868. The van der Waals surface area contributed by atoms with Crippen LogP contribution in [0.15, 0.2) is 18.3 Å². The van der Waals surface area contributed by atoms with Crippen molar-refractivity contribution in [3.63, 3.8) is 0 Å². The van der Waals surface area contributed by atoms with E-state index in [-0.39, 0.29) is 23.7 Å². The fourth-order valence-corrected chi connectivity index (χ4v) is 1.76. The highest BCUT2D eigenvalue weighted by Gasteiger charge is 2.34. The molecule has 19 heavy (non-hydrogen) atoms. The van der Waals surface area contributed by atoms with Crippen molar-refractivity contribution >= 4 is 17.8 Å². The maximum absolute atomic E-state index is 12.1. The van der Waals surface area contributed by atoms with Gasteiger partial charge in [-0.25, -0.2) is 14.6 Å². The Bertz CT molecular complexity index is 480. The van der Waals surface area contributed by atoms with Gasteiger partial charge in [0.1, 0.15) is 5.82 Å². The third kappa shape index (κ3) is 3.21. The van der Waals surface area contributed by atoms with Gasteiger partial charge in [0.25, 0.3) is 0 Å². The van der Waals surface area contributed by atoms with Crippen LogP contribution < -0.4 is 10.2 Å². The van der Waals surface area contributed by atoms with Crippen LogP contribution in [-0.2, 0) is 0 Å². The number of rotatable bonds is 4. The molecule has 1 saturated carbocycles. The molecular formula is C13H17N3O3. The Morgan fingerprint density at radius 1 is 1.42 bits per heavy atom. The molecule has 6 nitrogen and oxygen atoms in total. The lowest BCUT2D eigenvalue weighted by molar-refractivity contribution is 0.0696. The summed E-state index contributed by atoms with van der Waals surface area (Å²) in [6.45, 7) is 3.79. The van der Waals surface area contributed by atoms with E-state index in [1.165, 1.54) is 12.3 Å². The minimum atomic E-state index is -1.02. The third-order valence-electron chi connectivity index (χ3n) is 2.78. The Balaban J connectivity index is 2.19. The lowest BCUT2D eigenvalue weighted by Crippen LogP contribution is -2.44. The van der Waals surface area contributed by atoms with Gasteiger partial charge in [0, 0.05) is 18.3 Å². The van der Waals surface area contributed by atoms with Gasteiger partial charge in [-0.1, -0.05) is 0 Å². The molecule has 2 N–H and O–H groups in total. The van der Waals surface area contributed by atoms with Crippen LogP contribution >= 0.6 is 0 Å². The Hall–Kier alpha value is -2.11. The molecule has 1 aliphatic carbocycles. The number of pyridine rings is 1. The lowest BCUT2D eigenvalue weighted by Gasteiger charge is -2.23. The van der Waals surface area contributed by atoms with Crippen LogP contribution in [0.4, 0.5) is 10.6 Å². The Morgan fingerprint density at radius 2 is 2.11 bits per heavy atom. The first kappa shape index (κ1) is 13.3. The number of hydrogen-bond donors (Lipinski definition) is 2. The lowest BCUT2D eigenvalue weighted by atomic mass is 10.3. The molecule has 0 aromatic carbocycles. The molecule has 102 valence electrons. The van der Waals surface area contributed by atoms with Gasteiger partial charge in [-0.2, -0.15) is 0 Å². The fourth-order valence-electron chi connectivity index (χ4n) is 1.76. The van der Waals surface area contributed by atoms with Crippen molar-refractivity contribution in [2.45, 2.75) is 38.8 Å². The molecule has 0 radical (unpaired) electrons. The molecular weight excluding hydrogens is 246 g/mol. The van der Waals surface area contributed by atoms with Gasteiger partial charge in [-0.05, 0) is 38.8 Å². The van der Waals surface area contributed by atoms with Gasteiger partial charge >= 0.3 is 12.0 Å². The van der Waals surface area contributed by atoms with E-state index in [1.54, 1.807) is 11.0 Å². The van der Waals surface area contributed by atoms with Crippen molar-refractivity contribution in [3.8, 4) is 0 Å². The first-order valence-corrected chi connectivity index (χ1v) is 6.28. The fraction of sp³-hybridized carbons (Fsp3) is 0.462. The SMILES string of the molecule is CC(C)NC(=O)N(c1ccc(C(=O)O)cn1)C1CC1. The summed E-state index contributed by atoms with van der Waals surface area (Å²) in [7, 11) is 0. The molecule has 0 aliphatic heterocycles. The average Bonchev–Trinajstić information content (AvgIpc) is 3.13. The molecule has 0 saturated heterocycles. The van der Waals surface area contributed by atoms with Crippen molar-refractivity contribution in [2.75, 3.05) is 4.90 Å². The van der Waals surface area contributed by atoms with Gasteiger partial charge in [-0.15, -0.1) is 0 Å². The number of aromatic nitrogens is 1. The molecule has 2 rings (SSSR count). The number of nitrogens with one attached hydrogen (secondary N) is 1. The van der Waals surface area contributed by atoms with Gasteiger partial charge in [0.2, 0.25) is 0 Å². The second-order valence-electron chi connectivity index (χ2n) is 4.92. The number of nitrogens with zero attached hydrogens (tertiary/aromatic N) is 2. The molecule has 1 fully saturated rings. The van der Waals surface area contributed by atoms with Crippen molar-refractivity contribution in [3.05, 3.63) is 23.9 Å². The van der Waals surface area contributed by atoms with Gasteiger partial charge in [-0.3, -0.25) is 4.90 Å². The molecule has 1 aromatic heterocycles. The molecule has 1 aromatic rings. The molecule has 0 atom stereocenters. The molecule has 1 heterocycles. The van der Waals surface area contributed by atoms with Crippen LogP contribution in [0.3, 0.4) is 0 Å². The van der Waals surface area contributed by atoms with Crippen molar-refractivity contribution in [1.29, 1.82) is 0 Å². The van der Waals surface area contributed by atoms with Crippen LogP contribution in [0.2, 0.25) is 0 Å². The van der Waals surface area contributed by atoms with Gasteiger partial charge in [0.15, 0.2) is 0 Å². The van der Waals surface area contributed by atoms with Crippen LogP contribution in [-0.4, -0.2) is 34.2 Å². The van der Waals surface area contributed by atoms with Gasteiger partial charge < -0.3 is 10.4 Å². The van der Waals surface area contributed by atoms with E-state index in [4.69, 9.17) is 5.11 Å². The minimum absolute atomic E-state index is 0.0482. The zero-order valence-electron chi connectivity index (χ0n) is 11.0. The zero-order chi connectivity index (χ0) is 14.0. The summed E-state index contributed by atoms with van der Waals surface area (Å²) in [6, 6.07) is 3.06. The van der Waals surface area contributed by atoms with E-state index in [0.717, 1.165) is 12.8 Å². The van der Waals surface area contributed by atoms with Crippen molar-refractivity contribution in [2.24, 2.45) is 0 Å². The number of anilines is 1. The number of amides is 2. The predicted octanol–water partition coefficient (Wildman–Crippen LogP) is 1.87. The first-order chi connectivity index (χ1) is 8.99. The second kappa shape index (κ2) is 5.26. The Morgan fingerprint density at radius 3 is 2.53 bits per heavy atom. The molecule has 2 amide bonds. The number of carbonyl (C=O) groups excluding carboxylic acids is 1. The zero-order valence-corrected chi connectivity index (χ0v) is 11.0. The standard InChI is InChI=1S/C13H17N3O3/c1-8(2)15-13(19)16(10-4-5-10)11-6-3-9(7-14-11)12(17)18/h3,6-8,10H,4-5H2,1-2H3,(H,15,19)(H,17,18). The molecule has 1 aliphatic rings. The van der Waals surface area contributed by atoms with Crippen LogP contribution in [0, 0.1) is 0 Å². The summed E-state index contributed by atoms with van der Waals surface area (Å²) in [4.78, 5) is 28.6. The number of urea groups is 1.